The van der Waals surface area contributed by atoms with Crippen LogP contribution in [-0.4, -0.2) is 48.6 Å². The summed E-state index contributed by atoms with van der Waals surface area (Å²) >= 11 is 0. The largest absolute Gasteiger partial charge is 0.329 e. The highest BCUT2D eigenvalue weighted by molar-refractivity contribution is 5.31. The van der Waals surface area contributed by atoms with Gasteiger partial charge in [0.2, 0.25) is 0 Å². The molecule has 1 aliphatic rings. The fourth-order valence-corrected chi connectivity index (χ4v) is 3.79. The Hall–Kier alpha value is -0.900. The van der Waals surface area contributed by atoms with Crippen LogP contribution in [0.3, 0.4) is 0 Å². The van der Waals surface area contributed by atoms with Crippen molar-refractivity contribution in [3.63, 3.8) is 0 Å². The minimum Gasteiger partial charge on any atom is -0.329 e. The summed E-state index contributed by atoms with van der Waals surface area (Å²) in [5, 5.41) is 0. The number of benzene rings is 1. The molecule has 0 radical (unpaired) electrons. The summed E-state index contributed by atoms with van der Waals surface area (Å²) in [5.74, 6) is 0. The van der Waals surface area contributed by atoms with Crippen molar-refractivity contribution < 1.29 is 0 Å². The number of rotatable bonds is 6. The van der Waals surface area contributed by atoms with E-state index in [1.54, 1.807) is 0 Å². The van der Waals surface area contributed by atoms with Crippen LogP contribution in [0.5, 0.6) is 0 Å². The fourth-order valence-electron chi connectivity index (χ4n) is 3.79. The minimum absolute atomic E-state index is 0.365. The van der Waals surface area contributed by atoms with Gasteiger partial charge in [-0.15, -0.1) is 0 Å². The number of likely N-dealkylation sites (N-methyl/N-ethyl adjacent to an activating group) is 1. The van der Waals surface area contributed by atoms with Crippen LogP contribution in [0.15, 0.2) is 18.2 Å². The van der Waals surface area contributed by atoms with Crippen molar-refractivity contribution in [3.05, 3.63) is 34.9 Å². The molecule has 0 amide bonds. The molecule has 1 aliphatic heterocycles. The first-order valence-electron chi connectivity index (χ1n) is 8.35. The fraction of sp³-hybridized carbons (Fsp3) is 0.667. The highest BCUT2D eigenvalue weighted by Gasteiger charge is 2.30. The van der Waals surface area contributed by atoms with Gasteiger partial charge in [-0.1, -0.05) is 43.2 Å². The maximum Gasteiger partial charge on any atom is 0.0471 e. The normalized spacial score (nSPS) is 21.1. The molecule has 0 bridgehead atoms. The standard InChI is InChI=1S/C18H31N3/c1-5-20(6-2)17-7-8-21(13-17)18(12-19)16-10-14(3)9-15(4)11-16/h9-11,17-18H,5-8,12-13,19H2,1-4H3. The quantitative estimate of drug-likeness (QED) is 0.874. The third-order valence-electron chi connectivity index (χ3n) is 4.82. The van der Waals surface area contributed by atoms with E-state index in [9.17, 15) is 0 Å². The predicted octanol–water partition coefficient (Wildman–Crippen LogP) is 2.72. The van der Waals surface area contributed by atoms with Gasteiger partial charge in [-0.25, -0.2) is 0 Å². The monoisotopic (exact) mass is 289 g/mol. The number of likely N-dealkylation sites (tertiary alicyclic amines) is 1. The molecule has 2 atom stereocenters. The van der Waals surface area contributed by atoms with Crippen molar-refractivity contribution in [2.24, 2.45) is 5.73 Å². The van der Waals surface area contributed by atoms with Crippen molar-refractivity contribution in [2.75, 3.05) is 32.7 Å². The molecule has 2 N–H and O–H groups in total. The summed E-state index contributed by atoms with van der Waals surface area (Å²) in [6, 6.07) is 7.90. The Labute approximate surface area is 130 Å². The summed E-state index contributed by atoms with van der Waals surface area (Å²) in [6.45, 7) is 14.2. The lowest BCUT2D eigenvalue weighted by molar-refractivity contribution is 0.189. The predicted molar refractivity (Wildman–Crippen MR) is 90.6 cm³/mol. The van der Waals surface area contributed by atoms with Crippen molar-refractivity contribution >= 4 is 0 Å². The molecule has 1 saturated heterocycles. The highest BCUT2D eigenvalue weighted by Crippen LogP contribution is 2.27. The van der Waals surface area contributed by atoms with Crippen LogP contribution in [-0.2, 0) is 0 Å². The maximum absolute atomic E-state index is 6.12. The number of hydrogen-bond acceptors (Lipinski definition) is 3. The molecule has 0 aliphatic carbocycles. The number of aryl methyl sites for hydroxylation is 2. The Morgan fingerprint density at radius 3 is 2.33 bits per heavy atom. The molecule has 2 rings (SSSR count). The van der Waals surface area contributed by atoms with Crippen LogP contribution in [0.2, 0.25) is 0 Å². The Kier molecular flexibility index (Phi) is 5.80. The zero-order valence-corrected chi connectivity index (χ0v) is 14.1. The molecule has 3 heteroatoms. The molecule has 0 saturated carbocycles. The average molecular weight is 289 g/mol. The van der Waals surface area contributed by atoms with E-state index in [1.165, 1.54) is 23.1 Å². The lowest BCUT2D eigenvalue weighted by Crippen LogP contribution is -2.39. The Morgan fingerprint density at radius 1 is 1.19 bits per heavy atom. The van der Waals surface area contributed by atoms with E-state index in [0.29, 0.717) is 18.6 Å². The van der Waals surface area contributed by atoms with Gasteiger partial charge >= 0.3 is 0 Å². The van der Waals surface area contributed by atoms with E-state index in [2.05, 4.69) is 55.7 Å². The smallest absolute Gasteiger partial charge is 0.0471 e. The van der Waals surface area contributed by atoms with Gasteiger partial charge in [-0.3, -0.25) is 9.80 Å². The Morgan fingerprint density at radius 2 is 1.81 bits per heavy atom. The Bertz CT molecular complexity index is 434. The van der Waals surface area contributed by atoms with Crippen LogP contribution in [0.25, 0.3) is 0 Å². The van der Waals surface area contributed by atoms with Gasteiger partial charge in [-0.2, -0.15) is 0 Å². The van der Waals surface area contributed by atoms with E-state index in [-0.39, 0.29) is 0 Å². The van der Waals surface area contributed by atoms with E-state index in [4.69, 9.17) is 5.73 Å². The lowest BCUT2D eigenvalue weighted by atomic mass is 10.0. The Balaban J connectivity index is 2.12. The van der Waals surface area contributed by atoms with E-state index >= 15 is 0 Å². The van der Waals surface area contributed by atoms with E-state index in [1.807, 2.05) is 0 Å². The van der Waals surface area contributed by atoms with Crippen LogP contribution in [0.4, 0.5) is 0 Å². The first-order valence-corrected chi connectivity index (χ1v) is 8.35. The molecular weight excluding hydrogens is 258 g/mol. The van der Waals surface area contributed by atoms with E-state index in [0.717, 1.165) is 26.2 Å². The summed E-state index contributed by atoms with van der Waals surface area (Å²) in [4.78, 5) is 5.16. The summed E-state index contributed by atoms with van der Waals surface area (Å²) < 4.78 is 0. The van der Waals surface area contributed by atoms with Gasteiger partial charge in [0.25, 0.3) is 0 Å². The number of nitrogens with zero attached hydrogens (tertiary/aromatic N) is 2. The van der Waals surface area contributed by atoms with Gasteiger partial charge < -0.3 is 5.73 Å². The summed E-state index contributed by atoms with van der Waals surface area (Å²) in [6.07, 6.45) is 1.27. The minimum atomic E-state index is 0.365. The maximum atomic E-state index is 6.12. The molecule has 21 heavy (non-hydrogen) atoms. The molecule has 1 heterocycles. The molecule has 1 aromatic carbocycles. The van der Waals surface area contributed by atoms with Gasteiger partial charge in [-0.05, 0) is 38.9 Å². The molecule has 118 valence electrons. The summed E-state index contributed by atoms with van der Waals surface area (Å²) in [5.41, 5.74) is 10.2. The second-order valence-corrected chi connectivity index (χ2v) is 6.33. The molecule has 0 aromatic heterocycles. The number of nitrogens with two attached hydrogens (primary N) is 1. The molecular formula is C18H31N3. The van der Waals surface area contributed by atoms with Crippen molar-refractivity contribution in [2.45, 2.75) is 46.2 Å². The number of hydrogen-bond donors (Lipinski definition) is 1. The van der Waals surface area contributed by atoms with Crippen LogP contribution >= 0.6 is 0 Å². The third kappa shape index (κ3) is 3.85. The third-order valence-corrected chi connectivity index (χ3v) is 4.82. The van der Waals surface area contributed by atoms with Crippen LogP contribution in [0, 0.1) is 13.8 Å². The molecule has 1 fully saturated rings. The first-order chi connectivity index (χ1) is 10.1. The van der Waals surface area contributed by atoms with Crippen LogP contribution < -0.4 is 5.73 Å². The molecule has 1 aromatic rings. The molecule has 3 nitrogen and oxygen atoms in total. The molecule has 0 spiro atoms. The van der Waals surface area contributed by atoms with Gasteiger partial charge in [0.05, 0.1) is 0 Å². The first kappa shape index (κ1) is 16.5. The van der Waals surface area contributed by atoms with Crippen molar-refractivity contribution in [1.82, 2.24) is 9.80 Å². The zero-order valence-electron chi connectivity index (χ0n) is 14.1. The van der Waals surface area contributed by atoms with Gasteiger partial charge in [0.1, 0.15) is 0 Å². The zero-order chi connectivity index (χ0) is 15.4. The summed E-state index contributed by atoms with van der Waals surface area (Å²) in [7, 11) is 0. The second kappa shape index (κ2) is 7.39. The van der Waals surface area contributed by atoms with Crippen LogP contribution in [0.1, 0.15) is 43.0 Å². The van der Waals surface area contributed by atoms with Crippen molar-refractivity contribution in [3.8, 4) is 0 Å². The average Bonchev–Trinajstić information content (AvgIpc) is 2.89. The lowest BCUT2D eigenvalue weighted by Gasteiger charge is -2.30. The van der Waals surface area contributed by atoms with Gasteiger partial charge in [0, 0.05) is 31.7 Å². The van der Waals surface area contributed by atoms with E-state index < -0.39 is 0 Å². The SMILES string of the molecule is CCN(CC)C1CCN(C(CN)c2cc(C)cc(C)c2)C1. The second-order valence-electron chi connectivity index (χ2n) is 6.33. The topological polar surface area (TPSA) is 32.5 Å². The van der Waals surface area contributed by atoms with Crippen molar-refractivity contribution in [1.29, 1.82) is 0 Å². The molecule has 2 unspecified atom stereocenters. The highest BCUT2D eigenvalue weighted by atomic mass is 15.3. The van der Waals surface area contributed by atoms with Gasteiger partial charge in [0.15, 0.2) is 0 Å².